The molecule has 3 rings (SSSR count). The number of hydrogen-bond acceptors (Lipinski definition) is 6. The average molecular weight is 371 g/mol. The van der Waals surface area contributed by atoms with Crippen LogP contribution in [0.25, 0.3) is 0 Å². The van der Waals surface area contributed by atoms with E-state index in [2.05, 4.69) is 0 Å². The molecule has 1 fully saturated rings. The molecule has 0 N–H and O–H groups in total. The van der Waals surface area contributed by atoms with Gasteiger partial charge in [-0.25, -0.2) is 4.79 Å². The summed E-state index contributed by atoms with van der Waals surface area (Å²) in [7, 11) is 4.14. The highest BCUT2D eigenvalue weighted by Crippen LogP contribution is 2.40. The summed E-state index contributed by atoms with van der Waals surface area (Å²) in [4.78, 5) is 18.6. The zero-order valence-corrected chi connectivity index (χ0v) is 15.8. The van der Waals surface area contributed by atoms with Crippen molar-refractivity contribution in [2.75, 3.05) is 21.3 Å². The lowest BCUT2D eigenvalue weighted by atomic mass is 9.97. The van der Waals surface area contributed by atoms with E-state index in [1.165, 1.54) is 21.3 Å². The highest BCUT2D eigenvalue weighted by atomic mass is 16.8. The van der Waals surface area contributed by atoms with Gasteiger partial charge in [-0.3, -0.25) is 4.84 Å². The van der Waals surface area contributed by atoms with Gasteiger partial charge in [-0.15, -0.1) is 0 Å². The summed E-state index contributed by atoms with van der Waals surface area (Å²) in [6.45, 7) is 0.571. The molecule has 6 nitrogen and oxygen atoms in total. The first-order valence-electron chi connectivity index (χ1n) is 8.85. The Bertz CT molecular complexity index is 733. The summed E-state index contributed by atoms with van der Waals surface area (Å²) >= 11 is 0. The minimum atomic E-state index is -1.62. The number of esters is 1. The van der Waals surface area contributed by atoms with Gasteiger partial charge in [-0.1, -0.05) is 60.7 Å². The molecule has 0 aliphatic carbocycles. The van der Waals surface area contributed by atoms with Crippen LogP contribution in [0.3, 0.4) is 0 Å². The fourth-order valence-corrected chi connectivity index (χ4v) is 3.50. The van der Waals surface area contributed by atoms with Crippen molar-refractivity contribution in [2.45, 2.75) is 30.9 Å². The summed E-state index contributed by atoms with van der Waals surface area (Å²) in [5.41, 5.74) is 2.21. The normalized spacial score (nSPS) is 20.6. The van der Waals surface area contributed by atoms with Crippen molar-refractivity contribution in [3.05, 3.63) is 71.8 Å². The molecule has 0 radical (unpaired) electrons. The molecule has 2 aromatic rings. The van der Waals surface area contributed by atoms with Crippen LogP contribution in [0.5, 0.6) is 0 Å². The molecule has 0 spiro atoms. The SMILES string of the molecule is COC(=O)C(OC)(OC)C1CC(c2ccccc2)N(Cc2ccccc2)O1. The largest absolute Gasteiger partial charge is 0.465 e. The van der Waals surface area contributed by atoms with Gasteiger partial charge in [0.05, 0.1) is 13.2 Å². The van der Waals surface area contributed by atoms with Crippen LogP contribution in [-0.4, -0.2) is 44.3 Å². The number of rotatable bonds is 7. The molecule has 0 saturated carbocycles. The van der Waals surface area contributed by atoms with Crippen LogP contribution < -0.4 is 0 Å². The average Bonchev–Trinajstić information content (AvgIpc) is 3.14. The van der Waals surface area contributed by atoms with Crippen LogP contribution in [0, 0.1) is 0 Å². The molecule has 1 aliphatic heterocycles. The van der Waals surface area contributed by atoms with Gasteiger partial charge in [0.25, 0.3) is 5.79 Å². The second-order valence-corrected chi connectivity index (χ2v) is 6.38. The Balaban J connectivity index is 1.92. The highest BCUT2D eigenvalue weighted by molar-refractivity contribution is 5.78. The highest BCUT2D eigenvalue weighted by Gasteiger charge is 2.55. The fraction of sp³-hybridized carbons (Fsp3) is 0.381. The van der Waals surface area contributed by atoms with E-state index in [-0.39, 0.29) is 6.04 Å². The number of carbonyl (C=O) groups is 1. The van der Waals surface area contributed by atoms with Gasteiger partial charge >= 0.3 is 5.97 Å². The van der Waals surface area contributed by atoms with Gasteiger partial charge < -0.3 is 14.2 Å². The zero-order valence-electron chi connectivity index (χ0n) is 15.8. The van der Waals surface area contributed by atoms with E-state index in [9.17, 15) is 4.79 Å². The number of benzene rings is 2. The van der Waals surface area contributed by atoms with E-state index in [4.69, 9.17) is 19.0 Å². The first kappa shape index (κ1) is 19.5. The van der Waals surface area contributed by atoms with E-state index in [1.54, 1.807) is 0 Å². The third-order valence-electron chi connectivity index (χ3n) is 4.91. The monoisotopic (exact) mass is 371 g/mol. The van der Waals surface area contributed by atoms with Crippen LogP contribution in [0.1, 0.15) is 23.6 Å². The molecule has 1 heterocycles. The molecular weight excluding hydrogens is 346 g/mol. The number of nitrogens with zero attached hydrogens (tertiary/aromatic N) is 1. The second kappa shape index (κ2) is 8.63. The standard InChI is InChI=1S/C21H25NO5/c1-24-20(23)21(25-2,26-3)19-14-18(17-12-8-5-9-13-17)22(27-19)15-16-10-6-4-7-11-16/h4-13,18-19H,14-15H2,1-3H3. The molecule has 0 amide bonds. The van der Waals surface area contributed by atoms with Gasteiger partial charge in [-0.05, 0) is 11.1 Å². The zero-order chi connectivity index (χ0) is 19.3. The van der Waals surface area contributed by atoms with Gasteiger partial charge in [0.15, 0.2) is 0 Å². The van der Waals surface area contributed by atoms with Gasteiger partial charge in [0.1, 0.15) is 6.10 Å². The summed E-state index contributed by atoms with van der Waals surface area (Å²) < 4.78 is 15.8. The van der Waals surface area contributed by atoms with Crippen molar-refractivity contribution in [1.82, 2.24) is 5.06 Å². The first-order valence-corrected chi connectivity index (χ1v) is 8.85. The van der Waals surface area contributed by atoms with Crippen LogP contribution in [0.15, 0.2) is 60.7 Å². The Kier molecular flexibility index (Phi) is 6.23. The van der Waals surface area contributed by atoms with Crippen molar-refractivity contribution in [3.8, 4) is 0 Å². The molecule has 6 heteroatoms. The van der Waals surface area contributed by atoms with E-state index in [0.29, 0.717) is 13.0 Å². The van der Waals surface area contributed by atoms with Gasteiger partial charge in [-0.2, -0.15) is 5.06 Å². The van der Waals surface area contributed by atoms with Crippen LogP contribution in [0.4, 0.5) is 0 Å². The van der Waals surface area contributed by atoms with E-state index in [1.807, 2.05) is 65.7 Å². The quantitative estimate of drug-likeness (QED) is 0.551. The third kappa shape index (κ3) is 3.89. The number of methoxy groups -OCH3 is 3. The Morgan fingerprint density at radius 1 is 1.04 bits per heavy atom. The predicted octanol–water partition coefficient (Wildman–Crippen LogP) is 3.10. The molecule has 1 saturated heterocycles. The minimum Gasteiger partial charge on any atom is -0.465 e. The molecule has 2 aromatic carbocycles. The van der Waals surface area contributed by atoms with Crippen LogP contribution in [0.2, 0.25) is 0 Å². The van der Waals surface area contributed by atoms with Crippen LogP contribution >= 0.6 is 0 Å². The lowest BCUT2D eigenvalue weighted by Gasteiger charge is -2.32. The lowest BCUT2D eigenvalue weighted by Crippen LogP contribution is -2.53. The minimum absolute atomic E-state index is 0.0502. The summed E-state index contributed by atoms with van der Waals surface area (Å²) in [5.74, 6) is -2.24. The Labute approximate surface area is 159 Å². The van der Waals surface area contributed by atoms with E-state index in [0.717, 1.165) is 11.1 Å². The topological polar surface area (TPSA) is 57.2 Å². The summed E-state index contributed by atoms with van der Waals surface area (Å²) in [5, 5.41) is 1.88. The Morgan fingerprint density at radius 2 is 1.63 bits per heavy atom. The maximum absolute atomic E-state index is 12.4. The molecule has 144 valence electrons. The molecule has 27 heavy (non-hydrogen) atoms. The number of hydrogen-bond donors (Lipinski definition) is 0. The van der Waals surface area contributed by atoms with Crippen molar-refractivity contribution in [3.63, 3.8) is 0 Å². The molecule has 1 aliphatic rings. The predicted molar refractivity (Wildman–Crippen MR) is 99.4 cm³/mol. The number of ether oxygens (including phenoxy) is 3. The van der Waals surface area contributed by atoms with Crippen molar-refractivity contribution in [1.29, 1.82) is 0 Å². The lowest BCUT2D eigenvalue weighted by molar-refractivity contribution is -0.296. The summed E-state index contributed by atoms with van der Waals surface area (Å²) in [6.07, 6.45) is -0.123. The Hall–Kier alpha value is -2.25. The van der Waals surface area contributed by atoms with Gasteiger partial charge in [0.2, 0.25) is 0 Å². The molecular formula is C21H25NO5. The molecule has 0 bridgehead atoms. The first-order chi connectivity index (χ1) is 13.1. The van der Waals surface area contributed by atoms with Crippen molar-refractivity contribution in [2.24, 2.45) is 0 Å². The van der Waals surface area contributed by atoms with Crippen molar-refractivity contribution < 1.29 is 23.8 Å². The number of hydroxylamine groups is 2. The van der Waals surface area contributed by atoms with E-state index < -0.39 is 17.9 Å². The molecule has 2 unspecified atom stereocenters. The number of carbonyl (C=O) groups excluding carboxylic acids is 1. The van der Waals surface area contributed by atoms with Gasteiger partial charge in [0, 0.05) is 27.2 Å². The van der Waals surface area contributed by atoms with Crippen LogP contribution in [-0.2, 0) is 30.4 Å². The smallest absolute Gasteiger partial charge is 0.369 e. The maximum atomic E-state index is 12.4. The second-order valence-electron chi connectivity index (χ2n) is 6.38. The molecule has 2 atom stereocenters. The third-order valence-corrected chi connectivity index (χ3v) is 4.91. The Morgan fingerprint density at radius 3 is 2.19 bits per heavy atom. The fourth-order valence-electron chi connectivity index (χ4n) is 3.50. The van der Waals surface area contributed by atoms with Crippen molar-refractivity contribution >= 4 is 5.97 Å². The molecule has 0 aromatic heterocycles. The maximum Gasteiger partial charge on any atom is 0.369 e. The summed E-state index contributed by atoms with van der Waals surface area (Å²) in [6, 6.07) is 20.0. The van der Waals surface area contributed by atoms with E-state index >= 15 is 0 Å².